The van der Waals surface area contributed by atoms with Gasteiger partial charge in [0.15, 0.2) is 0 Å². The van der Waals surface area contributed by atoms with Crippen molar-refractivity contribution in [2.45, 2.75) is 20.4 Å². The fourth-order valence-corrected chi connectivity index (χ4v) is 3.78. The van der Waals surface area contributed by atoms with E-state index in [0.717, 1.165) is 60.9 Å². The molecule has 2 aromatic rings. The second-order valence-electron chi connectivity index (χ2n) is 8.74. The highest BCUT2D eigenvalue weighted by atomic mass is 15.2. The number of pyridine rings is 1. The summed E-state index contributed by atoms with van der Waals surface area (Å²) in [4.78, 5) is 13.5. The van der Waals surface area contributed by atoms with Gasteiger partial charge in [-0.15, -0.1) is 0 Å². The van der Waals surface area contributed by atoms with Crippen molar-refractivity contribution in [2.24, 2.45) is 4.99 Å². The molecule has 0 radical (unpaired) electrons. The number of allylic oxidation sites excluding steroid dienone is 2. The van der Waals surface area contributed by atoms with Crippen molar-refractivity contribution in [1.82, 2.24) is 25.4 Å². The van der Waals surface area contributed by atoms with Crippen molar-refractivity contribution in [3.05, 3.63) is 103 Å². The molecule has 0 unspecified atom stereocenters. The monoisotopic (exact) mass is 456 g/mol. The van der Waals surface area contributed by atoms with Gasteiger partial charge in [0.2, 0.25) is 0 Å². The molecule has 0 spiro atoms. The molecule has 178 valence electrons. The van der Waals surface area contributed by atoms with Crippen LogP contribution in [0.4, 0.5) is 0 Å². The molecule has 0 amide bonds. The molecular weight excluding hydrogens is 420 g/mol. The summed E-state index contributed by atoms with van der Waals surface area (Å²) >= 11 is 0. The first kappa shape index (κ1) is 25.1. The molecule has 2 heterocycles. The summed E-state index contributed by atoms with van der Waals surface area (Å²) in [5, 5.41) is 6.55. The second-order valence-corrected chi connectivity index (χ2v) is 8.74. The third-order valence-corrected chi connectivity index (χ3v) is 5.68. The van der Waals surface area contributed by atoms with Gasteiger partial charge in [0.25, 0.3) is 0 Å². The number of aliphatic imine (C=N–C) groups is 1. The standard InChI is InChI=1S/C28H36N6/c1-21(18-22(2)31-25(5)32-24(4)28-8-7-13-29-19-28)30-23(3)27-11-9-26(10-12-27)20-34-16-14-33(6)15-17-34/h7-13,18-19,30H,2-4,14-17,20H2,1,5-6H3,(H,31,32)/b21-18+. The zero-order chi connectivity index (χ0) is 24.5. The number of nitrogens with zero attached hydrogens (tertiary/aromatic N) is 4. The molecule has 0 atom stereocenters. The van der Waals surface area contributed by atoms with E-state index in [1.165, 1.54) is 5.56 Å². The lowest BCUT2D eigenvalue weighted by Crippen LogP contribution is -2.43. The molecule has 3 rings (SSSR count). The van der Waals surface area contributed by atoms with Crippen LogP contribution in [0.15, 0.2) is 91.0 Å². The first-order valence-electron chi connectivity index (χ1n) is 11.5. The lowest BCUT2D eigenvalue weighted by molar-refractivity contribution is 0.148. The van der Waals surface area contributed by atoms with E-state index in [0.29, 0.717) is 11.5 Å². The van der Waals surface area contributed by atoms with Crippen molar-refractivity contribution in [3.8, 4) is 0 Å². The van der Waals surface area contributed by atoms with Crippen molar-refractivity contribution in [1.29, 1.82) is 0 Å². The van der Waals surface area contributed by atoms with Crippen LogP contribution in [-0.4, -0.2) is 53.8 Å². The Balaban J connectivity index is 1.50. The van der Waals surface area contributed by atoms with Gasteiger partial charge in [-0.25, -0.2) is 4.99 Å². The topological polar surface area (TPSA) is 55.8 Å². The maximum atomic E-state index is 4.49. The predicted octanol–water partition coefficient (Wildman–Crippen LogP) is 4.49. The Morgan fingerprint density at radius 1 is 1.00 bits per heavy atom. The van der Waals surface area contributed by atoms with Gasteiger partial charge in [-0.3, -0.25) is 9.88 Å². The minimum Gasteiger partial charge on any atom is -0.359 e. The van der Waals surface area contributed by atoms with Crippen LogP contribution in [0, 0.1) is 0 Å². The minimum absolute atomic E-state index is 0.647. The highest BCUT2D eigenvalue weighted by molar-refractivity contribution is 5.87. The summed E-state index contributed by atoms with van der Waals surface area (Å²) in [5.41, 5.74) is 6.43. The summed E-state index contributed by atoms with van der Waals surface area (Å²) in [6.45, 7) is 21.7. The van der Waals surface area contributed by atoms with Crippen LogP contribution in [0.3, 0.4) is 0 Å². The van der Waals surface area contributed by atoms with Crippen LogP contribution in [0.25, 0.3) is 11.4 Å². The van der Waals surface area contributed by atoms with Crippen molar-refractivity contribution >= 4 is 17.2 Å². The zero-order valence-electron chi connectivity index (χ0n) is 20.6. The molecule has 6 heteroatoms. The fourth-order valence-electron chi connectivity index (χ4n) is 3.78. The Kier molecular flexibility index (Phi) is 8.96. The fraction of sp³-hybridized carbons (Fsp3) is 0.286. The van der Waals surface area contributed by atoms with Gasteiger partial charge < -0.3 is 15.5 Å². The second kappa shape index (κ2) is 12.1. The summed E-state index contributed by atoms with van der Waals surface area (Å²) in [7, 11) is 2.18. The Bertz CT molecular complexity index is 1060. The normalized spacial score (nSPS) is 15.6. The van der Waals surface area contributed by atoms with Crippen LogP contribution in [0.5, 0.6) is 0 Å². The van der Waals surface area contributed by atoms with Gasteiger partial charge in [-0.1, -0.05) is 44.0 Å². The minimum atomic E-state index is 0.647. The molecule has 34 heavy (non-hydrogen) atoms. The molecule has 1 fully saturated rings. The largest absolute Gasteiger partial charge is 0.359 e. The highest BCUT2D eigenvalue weighted by Crippen LogP contribution is 2.15. The van der Waals surface area contributed by atoms with Crippen molar-refractivity contribution < 1.29 is 0 Å². The third-order valence-electron chi connectivity index (χ3n) is 5.68. The maximum Gasteiger partial charge on any atom is 0.103 e. The first-order valence-corrected chi connectivity index (χ1v) is 11.5. The molecule has 0 aliphatic carbocycles. The number of hydrogen-bond acceptors (Lipinski definition) is 5. The Labute approximate surface area is 204 Å². The van der Waals surface area contributed by atoms with E-state index in [1.54, 1.807) is 12.4 Å². The number of amidine groups is 1. The number of likely N-dealkylation sites (N-methyl/N-ethyl adjacent to an activating group) is 1. The SMILES string of the molecule is C=C(/C=C(\C)NC(=C)c1ccc(CN2CCN(C)CC2)cc1)NC(C)=NC(=C)c1cccnc1. The van der Waals surface area contributed by atoms with Crippen LogP contribution >= 0.6 is 0 Å². The van der Waals surface area contributed by atoms with E-state index >= 15 is 0 Å². The smallest absolute Gasteiger partial charge is 0.103 e. The van der Waals surface area contributed by atoms with E-state index in [2.05, 4.69) is 81.5 Å². The van der Waals surface area contributed by atoms with Crippen LogP contribution < -0.4 is 10.6 Å². The van der Waals surface area contributed by atoms with E-state index in [-0.39, 0.29) is 0 Å². The number of aromatic nitrogens is 1. The number of nitrogens with one attached hydrogen (secondary N) is 2. The van der Waals surface area contributed by atoms with Gasteiger partial charge in [-0.2, -0.15) is 0 Å². The summed E-state index contributed by atoms with van der Waals surface area (Å²) in [5.74, 6) is 0.706. The molecule has 0 saturated carbocycles. The van der Waals surface area contributed by atoms with Crippen molar-refractivity contribution in [3.63, 3.8) is 0 Å². The maximum absolute atomic E-state index is 4.49. The molecule has 1 aromatic heterocycles. The molecule has 1 saturated heterocycles. The van der Waals surface area contributed by atoms with E-state index in [1.807, 2.05) is 32.1 Å². The third kappa shape index (κ3) is 7.83. The lowest BCUT2D eigenvalue weighted by Gasteiger charge is -2.32. The Morgan fingerprint density at radius 3 is 2.35 bits per heavy atom. The molecular formula is C28H36N6. The van der Waals surface area contributed by atoms with Crippen molar-refractivity contribution in [2.75, 3.05) is 33.2 Å². The molecule has 1 aromatic carbocycles. The quantitative estimate of drug-likeness (QED) is 0.331. The Hall–Kier alpha value is -3.48. The van der Waals surface area contributed by atoms with Crippen LogP contribution in [0.1, 0.15) is 30.5 Å². The zero-order valence-corrected chi connectivity index (χ0v) is 20.6. The molecule has 2 N–H and O–H groups in total. The predicted molar refractivity (Wildman–Crippen MR) is 144 cm³/mol. The number of piperazine rings is 1. The average Bonchev–Trinajstić information content (AvgIpc) is 2.81. The molecule has 1 aliphatic heterocycles. The average molecular weight is 457 g/mol. The summed E-state index contributed by atoms with van der Waals surface area (Å²) < 4.78 is 0. The van der Waals surface area contributed by atoms with Gasteiger partial charge in [-0.05, 0) is 50.2 Å². The Morgan fingerprint density at radius 2 is 1.71 bits per heavy atom. The molecule has 1 aliphatic rings. The van der Waals surface area contributed by atoms with Crippen LogP contribution in [-0.2, 0) is 6.54 Å². The van der Waals surface area contributed by atoms with Gasteiger partial charge in [0.1, 0.15) is 5.84 Å². The van der Waals surface area contributed by atoms with E-state index in [9.17, 15) is 0 Å². The first-order chi connectivity index (χ1) is 16.3. The highest BCUT2D eigenvalue weighted by Gasteiger charge is 2.13. The van der Waals surface area contributed by atoms with Crippen LogP contribution in [0.2, 0.25) is 0 Å². The lowest BCUT2D eigenvalue weighted by atomic mass is 10.1. The number of hydrogen-bond donors (Lipinski definition) is 2. The molecule has 0 bridgehead atoms. The van der Waals surface area contributed by atoms with E-state index < -0.39 is 0 Å². The van der Waals surface area contributed by atoms with Gasteiger partial charge in [0, 0.05) is 67.8 Å². The molecule has 6 nitrogen and oxygen atoms in total. The summed E-state index contributed by atoms with van der Waals surface area (Å²) in [6.07, 6.45) is 5.40. The number of rotatable bonds is 9. The van der Waals surface area contributed by atoms with E-state index in [4.69, 9.17) is 0 Å². The van der Waals surface area contributed by atoms with Gasteiger partial charge >= 0.3 is 0 Å². The summed E-state index contributed by atoms with van der Waals surface area (Å²) in [6, 6.07) is 12.4. The number of benzene rings is 1. The van der Waals surface area contributed by atoms with Gasteiger partial charge in [0.05, 0.1) is 5.70 Å².